The van der Waals surface area contributed by atoms with E-state index in [2.05, 4.69) is 27.2 Å². The highest BCUT2D eigenvalue weighted by atomic mass is 79.9. The highest BCUT2D eigenvalue weighted by Gasteiger charge is 2.52. The van der Waals surface area contributed by atoms with Gasteiger partial charge in [0, 0.05) is 17.1 Å². The van der Waals surface area contributed by atoms with E-state index in [0.717, 1.165) is 39.9 Å². The fraction of sp³-hybridized carbons (Fsp3) is 0.412. The molecule has 0 N–H and O–H groups in total. The Morgan fingerprint density at radius 1 is 1.41 bits per heavy atom. The second-order valence-corrected chi connectivity index (χ2v) is 6.97. The molecule has 0 aliphatic heterocycles. The van der Waals surface area contributed by atoms with Crippen LogP contribution in [0.5, 0.6) is 0 Å². The average Bonchev–Trinajstić information content (AvgIpc) is 3.25. The van der Waals surface area contributed by atoms with Gasteiger partial charge in [0.25, 0.3) is 0 Å². The molecule has 2 aromatic rings. The third-order valence-corrected chi connectivity index (χ3v) is 4.95. The Bertz CT molecular complexity index is 700. The zero-order chi connectivity index (χ0) is 15.9. The Balaban J connectivity index is 1.81. The molecule has 3 rings (SSSR count). The second-order valence-electron chi connectivity index (χ2n) is 6.06. The number of benzene rings is 1. The minimum absolute atomic E-state index is 0.172. The van der Waals surface area contributed by atoms with Crippen molar-refractivity contribution >= 4 is 21.8 Å². The number of carbonyl (C=O) groups excluding carboxylic acids is 1. The summed E-state index contributed by atoms with van der Waals surface area (Å²) in [6, 6.07) is 8.06. The van der Waals surface area contributed by atoms with Gasteiger partial charge in [0.1, 0.15) is 5.76 Å². The van der Waals surface area contributed by atoms with Crippen molar-refractivity contribution in [3.05, 3.63) is 51.3 Å². The lowest BCUT2D eigenvalue weighted by atomic mass is 9.94. The summed E-state index contributed by atoms with van der Waals surface area (Å²) in [5.41, 5.74) is 2.60. The molecule has 1 amide bonds. The SMILES string of the molecule is Cc1noc(C)c1CN(C)C(=O)C1(c2cccc(Br)c2)CC1. The van der Waals surface area contributed by atoms with Crippen LogP contribution in [0.15, 0.2) is 33.3 Å². The minimum Gasteiger partial charge on any atom is -0.361 e. The largest absolute Gasteiger partial charge is 0.361 e. The molecule has 0 atom stereocenters. The summed E-state index contributed by atoms with van der Waals surface area (Å²) in [4.78, 5) is 14.7. The zero-order valence-electron chi connectivity index (χ0n) is 13.0. The molecule has 4 nitrogen and oxygen atoms in total. The van der Waals surface area contributed by atoms with Crippen LogP contribution < -0.4 is 0 Å². The van der Waals surface area contributed by atoms with Gasteiger partial charge in [-0.25, -0.2) is 0 Å². The quantitative estimate of drug-likeness (QED) is 0.831. The molecule has 116 valence electrons. The highest BCUT2D eigenvalue weighted by Crippen LogP contribution is 2.50. The Morgan fingerprint density at radius 2 is 2.14 bits per heavy atom. The van der Waals surface area contributed by atoms with Crippen molar-refractivity contribution in [2.45, 2.75) is 38.6 Å². The smallest absolute Gasteiger partial charge is 0.233 e. The van der Waals surface area contributed by atoms with E-state index in [4.69, 9.17) is 4.52 Å². The first-order valence-corrected chi connectivity index (χ1v) is 8.17. The first-order chi connectivity index (χ1) is 10.4. The summed E-state index contributed by atoms with van der Waals surface area (Å²) >= 11 is 3.49. The van der Waals surface area contributed by atoms with Crippen LogP contribution in [0.3, 0.4) is 0 Å². The molecule has 1 heterocycles. The maximum absolute atomic E-state index is 12.9. The van der Waals surface area contributed by atoms with Crippen molar-refractivity contribution in [3.8, 4) is 0 Å². The van der Waals surface area contributed by atoms with Crippen molar-refractivity contribution in [1.82, 2.24) is 10.1 Å². The number of amides is 1. The number of hydrogen-bond acceptors (Lipinski definition) is 3. The first kappa shape index (κ1) is 15.3. The summed E-state index contributed by atoms with van der Waals surface area (Å²) in [5, 5.41) is 3.96. The third kappa shape index (κ3) is 2.58. The number of nitrogens with zero attached hydrogens (tertiary/aromatic N) is 2. The molecular formula is C17H19BrN2O2. The summed E-state index contributed by atoms with van der Waals surface area (Å²) < 4.78 is 6.19. The molecule has 1 aliphatic carbocycles. The third-order valence-electron chi connectivity index (χ3n) is 4.46. The molecule has 0 radical (unpaired) electrons. The summed E-state index contributed by atoms with van der Waals surface area (Å²) in [5.74, 6) is 0.954. The van der Waals surface area contributed by atoms with Crippen LogP contribution in [0.25, 0.3) is 0 Å². The number of rotatable bonds is 4. The van der Waals surface area contributed by atoms with E-state index < -0.39 is 0 Å². The number of hydrogen-bond donors (Lipinski definition) is 0. The number of likely N-dealkylation sites (N-methyl/N-ethyl adjacent to an activating group) is 1. The van der Waals surface area contributed by atoms with E-state index in [9.17, 15) is 4.79 Å². The molecule has 5 heteroatoms. The standard InChI is InChI=1S/C17H19BrN2O2/c1-11-15(12(2)22-19-11)10-20(3)16(21)17(7-8-17)13-5-4-6-14(18)9-13/h4-6,9H,7-8,10H2,1-3H3. The van der Waals surface area contributed by atoms with Gasteiger partial charge in [0.15, 0.2) is 0 Å². The summed E-state index contributed by atoms with van der Waals surface area (Å²) in [7, 11) is 1.85. The van der Waals surface area contributed by atoms with Gasteiger partial charge in [-0.3, -0.25) is 4.79 Å². The van der Waals surface area contributed by atoms with Crippen LogP contribution in [-0.4, -0.2) is 23.0 Å². The lowest BCUT2D eigenvalue weighted by Crippen LogP contribution is -2.36. The molecule has 1 aliphatic rings. The molecule has 1 saturated carbocycles. The fourth-order valence-corrected chi connectivity index (χ4v) is 3.34. The molecule has 1 aromatic heterocycles. The predicted octanol–water partition coefficient (Wildman–Crippen LogP) is 3.74. The van der Waals surface area contributed by atoms with Gasteiger partial charge in [0.05, 0.1) is 17.7 Å². The fourth-order valence-electron chi connectivity index (χ4n) is 2.94. The maximum Gasteiger partial charge on any atom is 0.233 e. The average molecular weight is 363 g/mol. The maximum atomic E-state index is 12.9. The van der Waals surface area contributed by atoms with Gasteiger partial charge in [-0.2, -0.15) is 0 Å². The lowest BCUT2D eigenvalue weighted by molar-refractivity contribution is -0.133. The molecule has 0 bridgehead atoms. The van der Waals surface area contributed by atoms with E-state index in [-0.39, 0.29) is 11.3 Å². The van der Waals surface area contributed by atoms with Crippen molar-refractivity contribution in [3.63, 3.8) is 0 Å². The van der Waals surface area contributed by atoms with Crippen LogP contribution in [0.4, 0.5) is 0 Å². The van der Waals surface area contributed by atoms with Crippen molar-refractivity contribution in [2.24, 2.45) is 0 Å². The van der Waals surface area contributed by atoms with Gasteiger partial charge < -0.3 is 9.42 Å². The number of halogens is 1. The molecule has 0 unspecified atom stereocenters. The van der Waals surface area contributed by atoms with Gasteiger partial charge in [-0.15, -0.1) is 0 Å². The van der Waals surface area contributed by atoms with Crippen molar-refractivity contribution < 1.29 is 9.32 Å². The van der Waals surface area contributed by atoms with E-state index in [0.29, 0.717) is 6.54 Å². The van der Waals surface area contributed by atoms with Crippen LogP contribution in [0.1, 0.15) is 35.4 Å². The molecule has 0 spiro atoms. The van der Waals surface area contributed by atoms with E-state index in [1.54, 1.807) is 4.90 Å². The lowest BCUT2D eigenvalue weighted by Gasteiger charge is -2.24. The Labute approximate surface area is 138 Å². The van der Waals surface area contributed by atoms with E-state index in [1.807, 2.05) is 39.1 Å². The second kappa shape index (κ2) is 5.54. The van der Waals surface area contributed by atoms with Crippen LogP contribution in [-0.2, 0) is 16.8 Å². The zero-order valence-corrected chi connectivity index (χ0v) is 14.6. The van der Waals surface area contributed by atoms with Gasteiger partial charge in [-0.05, 0) is 44.4 Å². The molecular weight excluding hydrogens is 344 g/mol. The summed E-state index contributed by atoms with van der Waals surface area (Å²) in [6.45, 7) is 4.33. The summed E-state index contributed by atoms with van der Waals surface area (Å²) in [6.07, 6.45) is 1.82. The Morgan fingerprint density at radius 3 is 2.68 bits per heavy atom. The van der Waals surface area contributed by atoms with Crippen LogP contribution in [0, 0.1) is 13.8 Å². The Kier molecular flexibility index (Phi) is 3.85. The Hall–Kier alpha value is -1.62. The van der Waals surface area contributed by atoms with Crippen molar-refractivity contribution in [2.75, 3.05) is 7.05 Å². The highest BCUT2D eigenvalue weighted by molar-refractivity contribution is 9.10. The normalized spacial score (nSPS) is 15.6. The minimum atomic E-state index is -0.350. The van der Waals surface area contributed by atoms with Crippen molar-refractivity contribution in [1.29, 1.82) is 0 Å². The topological polar surface area (TPSA) is 46.3 Å². The molecule has 1 aromatic carbocycles. The molecule has 1 fully saturated rings. The van der Waals surface area contributed by atoms with Crippen LogP contribution >= 0.6 is 15.9 Å². The van der Waals surface area contributed by atoms with E-state index in [1.165, 1.54) is 0 Å². The monoisotopic (exact) mass is 362 g/mol. The van der Waals surface area contributed by atoms with Gasteiger partial charge in [-0.1, -0.05) is 33.2 Å². The number of carbonyl (C=O) groups is 1. The predicted molar refractivity (Wildman–Crippen MR) is 87.5 cm³/mol. The molecule has 22 heavy (non-hydrogen) atoms. The molecule has 0 saturated heterocycles. The number of aromatic nitrogens is 1. The van der Waals surface area contributed by atoms with E-state index >= 15 is 0 Å². The van der Waals surface area contributed by atoms with Gasteiger partial charge in [0.2, 0.25) is 5.91 Å². The van der Waals surface area contributed by atoms with Gasteiger partial charge >= 0.3 is 0 Å². The number of aryl methyl sites for hydroxylation is 2. The first-order valence-electron chi connectivity index (χ1n) is 7.37. The van der Waals surface area contributed by atoms with Crippen LogP contribution in [0.2, 0.25) is 0 Å².